The highest BCUT2D eigenvalue weighted by molar-refractivity contribution is 6.30. The third-order valence-corrected chi connectivity index (χ3v) is 3.25. The highest BCUT2D eigenvalue weighted by atomic mass is 35.5. The standard InChI is InChI=1S/C14H18ClN3/c1-2-13(16)9-14-17-6-7-18(14)10-11-4-3-5-12(15)8-11/h3-8,13H,2,9-10,16H2,1H3. The van der Waals surface area contributed by atoms with E-state index in [2.05, 4.69) is 22.5 Å². The Bertz CT molecular complexity index is 507. The predicted molar refractivity (Wildman–Crippen MR) is 74.8 cm³/mol. The van der Waals surface area contributed by atoms with Crippen LogP contribution in [0.1, 0.15) is 24.7 Å². The zero-order valence-corrected chi connectivity index (χ0v) is 11.3. The van der Waals surface area contributed by atoms with Gasteiger partial charge in [0.05, 0.1) is 0 Å². The average Bonchev–Trinajstić information content (AvgIpc) is 2.76. The van der Waals surface area contributed by atoms with Crippen LogP contribution < -0.4 is 5.73 Å². The van der Waals surface area contributed by atoms with E-state index in [9.17, 15) is 0 Å². The molecule has 0 fully saturated rings. The molecule has 1 heterocycles. The molecule has 0 radical (unpaired) electrons. The van der Waals surface area contributed by atoms with Gasteiger partial charge in [-0.3, -0.25) is 0 Å². The Kier molecular flexibility index (Phi) is 4.39. The van der Waals surface area contributed by atoms with Gasteiger partial charge in [-0.15, -0.1) is 0 Å². The number of hydrogen-bond acceptors (Lipinski definition) is 2. The molecule has 0 saturated carbocycles. The van der Waals surface area contributed by atoms with Gasteiger partial charge in [-0.25, -0.2) is 4.98 Å². The van der Waals surface area contributed by atoms with E-state index in [0.717, 1.165) is 30.2 Å². The van der Waals surface area contributed by atoms with Crippen LogP contribution in [-0.2, 0) is 13.0 Å². The van der Waals surface area contributed by atoms with Crippen molar-refractivity contribution in [1.29, 1.82) is 0 Å². The van der Waals surface area contributed by atoms with Crippen molar-refractivity contribution in [3.05, 3.63) is 53.1 Å². The molecule has 0 aliphatic heterocycles. The van der Waals surface area contributed by atoms with Crippen LogP contribution in [0, 0.1) is 0 Å². The van der Waals surface area contributed by atoms with E-state index in [1.54, 1.807) is 0 Å². The number of benzene rings is 1. The number of aromatic nitrogens is 2. The van der Waals surface area contributed by atoms with Gasteiger partial charge in [0, 0.05) is 36.4 Å². The van der Waals surface area contributed by atoms with Crippen LogP contribution in [0.3, 0.4) is 0 Å². The number of imidazole rings is 1. The van der Waals surface area contributed by atoms with E-state index in [-0.39, 0.29) is 6.04 Å². The molecule has 0 bridgehead atoms. The number of halogens is 1. The summed E-state index contributed by atoms with van der Waals surface area (Å²) < 4.78 is 2.13. The third-order valence-electron chi connectivity index (χ3n) is 3.01. The van der Waals surface area contributed by atoms with Gasteiger partial charge in [0.25, 0.3) is 0 Å². The Labute approximate surface area is 113 Å². The average molecular weight is 264 g/mol. The lowest BCUT2D eigenvalue weighted by atomic mass is 10.1. The SMILES string of the molecule is CCC(N)Cc1nccn1Cc1cccc(Cl)c1. The van der Waals surface area contributed by atoms with Crippen molar-refractivity contribution in [2.45, 2.75) is 32.4 Å². The molecular weight excluding hydrogens is 246 g/mol. The van der Waals surface area contributed by atoms with Crippen molar-refractivity contribution >= 4 is 11.6 Å². The van der Waals surface area contributed by atoms with E-state index in [4.69, 9.17) is 17.3 Å². The molecule has 0 spiro atoms. The molecule has 96 valence electrons. The summed E-state index contributed by atoms with van der Waals surface area (Å²) in [5.41, 5.74) is 7.15. The van der Waals surface area contributed by atoms with Crippen LogP contribution in [0.5, 0.6) is 0 Å². The summed E-state index contributed by atoms with van der Waals surface area (Å²) in [6.45, 7) is 2.88. The lowest BCUT2D eigenvalue weighted by Gasteiger charge is -2.11. The fourth-order valence-electron chi connectivity index (χ4n) is 1.88. The number of rotatable bonds is 5. The monoisotopic (exact) mass is 263 g/mol. The molecule has 0 saturated heterocycles. The Hall–Kier alpha value is -1.32. The van der Waals surface area contributed by atoms with E-state index in [1.165, 1.54) is 5.56 Å². The first-order chi connectivity index (χ1) is 8.69. The minimum absolute atomic E-state index is 0.172. The zero-order chi connectivity index (χ0) is 13.0. The van der Waals surface area contributed by atoms with Crippen LogP contribution in [-0.4, -0.2) is 15.6 Å². The summed E-state index contributed by atoms with van der Waals surface area (Å²) in [6.07, 6.45) is 5.58. The molecule has 4 heteroatoms. The summed E-state index contributed by atoms with van der Waals surface area (Å²) >= 11 is 5.99. The van der Waals surface area contributed by atoms with Gasteiger partial charge in [-0.05, 0) is 24.1 Å². The lowest BCUT2D eigenvalue weighted by molar-refractivity contribution is 0.597. The Morgan fingerprint density at radius 3 is 3.00 bits per heavy atom. The fraction of sp³-hybridized carbons (Fsp3) is 0.357. The first-order valence-corrected chi connectivity index (χ1v) is 6.57. The Morgan fingerprint density at radius 1 is 1.44 bits per heavy atom. The predicted octanol–water partition coefficient (Wildman–Crippen LogP) is 2.86. The smallest absolute Gasteiger partial charge is 0.110 e. The number of nitrogens with zero attached hydrogens (tertiary/aromatic N) is 2. The highest BCUT2D eigenvalue weighted by Gasteiger charge is 2.08. The molecule has 0 aliphatic carbocycles. The first-order valence-electron chi connectivity index (χ1n) is 6.19. The van der Waals surface area contributed by atoms with Gasteiger partial charge in [0.1, 0.15) is 5.82 Å². The third kappa shape index (κ3) is 3.34. The minimum Gasteiger partial charge on any atom is -0.330 e. The van der Waals surface area contributed by atoms with Gasteiger partial charge in [-0.2, -0.15) is 0 Å². The normalized spacial score (nSPS) is 12.6. The molecule has 1 unspecified atom stereocenters. The second-order valence-corrected chi connectivity index (χ2v) is 4.91. The molecule has 3 nitrogen and oxygen atoms in total. The summed E-state index contributed by atoms with van der Waals surface area (Å²) in [6, 6.07) is 8.06. The van der Waals surface area contributed by atoms with Crippen LogP contribution >= 0.6 is 11.6 Å². The minimum atomic E-state index is 0.172. The summed E-state index contributed by atoms with van der Waals surface area (Å²) in [7, 11) is 0. The quantitative estimate of drug-likeness (QED) is 0.902. The molecule has 2 rings (SSSR count). The Morgan fingerprint density at radius 2 is 2.28 bits per heavy atom. The van der Waals surface area contributed by atoms with Crippen LogP contribution in [0.2, 0.25) is 5.02 Å². The second-order valence-electron chi connectivity index (χ2n) is 4.47. The first kappa shape index (κ1) is 13.1. The molecule has 1 atom stereocenters. The molecule has 2 N–H and O–H groups in total. The number of hydrogen-bond donors (Lipinski definition) is 1. The van der Waals surface area contributed by atoms with Crippen molar-refractivity contribution in [2.75, 3.05) is 0 Å². The zero-order valence-electron chi connectivity index (χ0n) is 10.5. The topological polar surface area (TPSA) is 43.8 Å². The largest absolute Gasteiger partial charge is 0.330 e. The summed E-state index contributed by atoms with van der Waals surface area (Å²) in [5.74, 6) is 1.03. The van der Waals surface area contributed by atoms with Crippen molar-refractivity contribution in [2.24, 2.45) is 5.73 Å². The van der Waals surface area contributed by atoms with E-state index in [0.29, 0.717) is 0 Å². The van der Waals surface area contributed by atoms with Crippen LogP contribution in [0.25, 0.3) is 0 Å². The molecule has 1 aromatic carbocycles. The van der Waals surface area contributed by atoms with Crippen molar-refractivity contribution in [1.82, 2.24) is 9.55 Å². The van der Waals surface area contributed by atoms with Gasteiger partial charge < -0.3 is 10.3 Å². The maximum atomic E-state index is 5.99. The van der Waals surface area contributed by atoms with E-state index >= 15 is 0 Å². The maximum absolute atomic E-state index is 5.99. The molecule has 2 aromatic rings. The number of nitrogens with two attached hydrogens (primary N) is 1. The summed E-state index contributed by atoms with van der Waals surface area (Å²) in [4.78, 5) is 4.37. The second kappa shape index (κ2) is 6.03. The molecule has 18 heavy (non-hydrogen) atoms. The van der Waals surface area contributed by atoms with E-state index < -0.39 is 0 Å². The molecule has 0 amide bonds. The van der Waals surface area contributed by atoms with Crippen LogP contribution in [0.4, 0.5) is 0 Å². The lowest BCUT2D eigenvalue weighted by Crippen LogP contribution is -2.23. The van der Waals surface area contributed by atoms with Gasteiger partial charge in [-0.1, -0.05) is 30.7 Å². The van der Waals surface area contributed by atoms with Gasteiger partial charge in [0.2, 0.25) is 0 Å². The Balaban J connectivity index is 2.12. The molecule has 1 aromatic heterocycles. The fourth-order valence-corrected chi connectivity index (χ4v) is 2.10. The highest BCUT2D eigenvalue weighted by Crippen LogP contribution is 2.13. The van der Waals surface area contributed by atoms with Crippen LogP contribution in [0.15, 0.2) is 36.7 Å². The van der Waals surface area contributed by atoms with Gasteiger partial charge >= 0.3 is 0 Å². The maximum Gasteiger partial charge on any atom is 0.110 e. The molecule has 0 aliphatic rings. The van der Waals surface area contributed by atoms with Crippen molar-refractivity contribution < 1.29 is 0 Å². The van der Waals surface area contributed by atoms with E-state index in [1.807, 2.05) is 30.6 Å². The molecular formula is C14H18ClN3. The van der Waals surface area contributed by atoms with Crippen molar-refractivity contribution in [3.63, 3.8) is 0 Å². The van der Waals surface area contributed by atoms with Crippen molar-refractivity contribution in [3.8, 4) is 0 Å². The summed E-state index contributed by atoms with van der Waals surface area (Å²) in [5, 5.41) is 0.763. The van der Waals surface area contributed by atoms with Gasteiger partial charge in [0.15, 0.2) is 0 Å².